The molecule has 12 heteroatoms. The van der Waals surface area contributed by atoms with Crippen molar-refractivity contribution in [3.63, 3.8) is 0 Å². The molecule has 1 aliphatic heterocycles. The molecule has 2 aromatic rings. The van der Waals surface area contributed by atoms with Crippen molar-refractivity contribution < 1.29 is 14.4 Å². The summed E-state index contributed by atoms with van der Waals surface area (Å²) in [6.07, 6.45) is 3.80. The molecule has 2 atom stereocenters. The number of halogens is 1. The summed E-state index contributed by atoms with van der Waals surface area (Å²) in [5, 5.41) is 15.4. The number of benzene rings is 1. The molecule has 1 aromatic carbocycles. The van der Waals surface area contributed by atoms with E-state index in [-0.39, 0.29) is 23.8 Å². The highest BCUT2D eigenvalue weighted by Crippen LogP contribution is 2.40. The van der Waals surface area contributed by atoms with Crippen LogP contribution in [0.3, 0.4) is 0 Å². The summed E-state index contributed by atoms with van der Waals surface area (Å²) < 4.78 is 11.3. The molecule has 2 heterocycles. The van der Waals surface area contributed by atoms with Gasteiger partial charge in [-0.2, -0.15) is 4.98 Å². The van der Waals surface area contributed by atoms with Crippen molar-refractivity contribution in [1.29, 1.82) is 0 Å². The molecule has 1 N–H and O–H groups in total. The Morgan fingerprint density at radius 1 is 1.32 bits per heavy atom. The van der Waals surface area contributed by atoms with E-state index in [0.29, 0.717) is 47.7 Å². The lowest BCUT2D eigenvalue weighted by atomic mass is 9.86. The molecular formula is C22H30ClN7O4. The molecular weight excluding hydrogens is 462 g/mol. The number of hydrogen-bond acceptors (Lipinski definition) is 10. The van der Waals surface area contributed by atoms with Crippen LogP contribution in [0.15, 0.2) is 18.3 Å². The van der Waals surface area contributed by atoms with Crippen LogP contribution in [0, 0.1) is 10.1 Å². The number of anilines is 4. The zero-order valence-electron chi connectivity index (χ0n) is 19.8. The number of nitrogens with zero attached hydrogens (tertiary/aromatic N) is 6. The predicted octanol–water partition coefficient (Wildman–Crippen LogP) is 3.16. The van der Waals surface area contributed by atoms with Crippen molar-refractivity contribution >= 4 is 40.4 Å². The van der Waals surface area contributed by atoms with Crippen LogP contribution in [0.1, 0.15) is 12.8 Å². The van der Waals surface area contributed by atoms with Crippen molar-refractivity contribution in [1.82, 2.24) is 14.9 Å². The number of rotatable bonds is 9. The number of methoxy groups -OCH3 is 1. The maximum absolute atomic E-state index is 11.9. The van der Waals surface area contributed by atoms with Gasteiger partial charge in [0.15, 0.2) is 5.82 Å². The molecule has 2 aliphatic rings. The first kappa shape index (κ1) is 24.2. The number of fused-ring (bicyclic) bond motifs is 1. The van der Waals surface area contributed by atoms with Crippen molar-refractivity contribution in [2.75, 3.05) is 69.6 Å². The molecule has 1 aromatic heterocycles. The first-order chi connectivity index (χ1) is 16.3. The summed E-state index contributed by atoms with van der Waals surface area (Å²) in [7, 11) is 7.26. The fourth-order valence-corrected chi connectivity index (χ4v) is 4.42. The summed E-state index contributed by atoms with van der Waals surface area (Å²) in [4.78, 5) is 26.4. The molecule has 184 valence electrons. The number of hydrogen-bond donors (Lipinski definition) is 1. The summed E-state index contributed by atoms with van der Waals surface area (Å²) in [6, 6.07) is 3.37. The quantitative estimate of drug-likeness (QED) is 0.415. The van der Waals surface area contributed by atoms with Gasteiger partial charge in [0, 0.05) is 38.8 Å². The van der Waals surface area contributed by atoms with E-state index in [0.717, 1.165) is 19.4 Å². The highest BCUT2D eigenvalue weighted by atomic mass is 35.5. The van der Waals surface area contributed by atoms with E-state index in [4.69, 9.17) is 21.1 Å². The number of ether oxygens (including phenoxy) is 2. The van der Waals surface area contributed by atoms with Gasteiger partial charge in [0.1, 0.15) is 16.5 Å². The summed E-state index contributed by atoms with van der Waals surface area (Å²) in [5.41, 5.74) is 0.830. The first-order valence-corrected chi connectivity index (χ1v) is 11.6. The van der Waals surface area contributed by atoms with Crippen LogP contribution in [0.25, 0.3) is 0 Å². The first-order valence-electron chi connectivity index (χ1n) is 11.2. The number of nitrogens with one attached hydrogen (secondary N) is 1. The Labute approximate surface area is 203 Å². The molecule has 11 nitrogen and oxygen atoms in total. The number of morpholine rings is 1. The van der Waals surface area contributed by atoms with Crippen molar-refractivity contribution in [2.45, 2.75) is 25.0 Å². The van der Waals surface area contributed by atoms with Gasteiger partial charge in [-0.3, -0.25) is 10.1 Å². The molecule has 2 unspecified atom stereocenters. The lowest BCUT2D eigenvalue weighted by Crippen LogP contribution is -2.57. The van der Waals surface area contributed by atoms with E-state index in [1.165, 1.54) is 13.2 Å². The highest BCUT2D eigenvalue weighted by Gasteiger charge is 2.40. The lowest BCUT2D eigenvalue weighted by molar-refractivity contribution is -0.384. The molecule has 0 radical (unpaired) electrons. The smallest absolute Gasteiger partial charge is 0.294 e. The zero-order valence-corrected chi connectivity index (χ0v) is 20.6. The Morgan fingerprint density at radius 2 is 2.12 bits per heavy atom. The molecule has 1 saturated heterocycles. The fraction of sp³-hybridized carbons (Fsp3) is 0.545. The Kier molecular flexibility index (Phi) is 7.24. The van der Waals surface area contributed by atoms with Gasteiger partial charge < -0.3 is 29.5 Å². The van der Waals surface area contributed by atoms with Crippen LogP contribution >= 0.6 is 11.6 Å². The van der Waals surface area contributed by atoms with E-state index in [2.05, 4.69) is 20.2 Å². The predicted molar refractivity (Wildman–Crippen MR) is 132 cm³/mol. The molecule has 0 amide bonds. The average molecular weight is 492 g/mol. The monoisotopic (exact) mass is 491 g/mol. The third kappa shape index (κ3) is 4.96. The van der Waals surface area contributed by atoms with E-state index in [1.807, 2.05) is 30.9 Å². The fourth-order valence-electron chi connectivity index (χ4n) is 4.22. The average Bonchev–Trinajstić information content (AvgIpc) is 2.79. The maximum atomic E-state index is 11.9. The van der Waals surface area contributed by atoms with Gasteiger partial charge in [-0.25, -0.2) is 4.98 Å². The van der Waals surface area contributed by atoms with Crippen molar-refractivity contribution in [2.24, 2.45) is 0 Å². The molecule has 34 heavy (non-hydrogen) atoms. The van der Waals surface area contributed by atoms with E-state index in [1.54, 1.807) is 12.3 Å². The second kappa shape index (κ2) is 10.2. The molecule has 4 rings (SSSR count). The lowest BCUT2D eigenvalue weighted by Gasteiger charge is -2.48. The van der Waals surface area contributed by atoms with Crippen molar-refractivity contribution in [3.05, 3.63) is 33.5 Å². The van der Waals surface area contributed by atoms with Crippen LogP contribution in [-0.4, -0.2) is 86.4 Å². The van der Waals surface area contributed by atoms with Gasteiger partial charge in [-0.1, -0.05) is 11.6 Å². The Hall–Kier alpha value is -2.89. The third-order valence-electron chi connectivity index (χ3n) is 6.27. The van der Waals surface area contributed by atoms with Gasteiger partial charge in [-0.15, -0.1) is 0 Å². The minimum atomic E-state index is -0.398. The molecule has 0 bridgehead atoms. The third-order valence-corrected chi connectivity index (χ3v) is 6.54. The van der Waals surface area contributed by atoms with Gasteiger partial charge in [-0.05, 0) is 26.9 Å². The summed E-state index contributed by atoms with van der Waals surface area (Å²) in [6.45, 7) is 2.68. The SMILES string of the molecule is COc1cc(N(C)CCN(C)C)c([N+](=O)[O-])cc1Nc1ncc(Cl)c(N2CCOC3CCC32)n1. The van der Waals surface area contributed by atoms with E-state index < -0.39 is 4.92 Å². The van der Waals surface area contributed by atoms with Crippen LogP contribution in [-0.2, 0) is 4.74 Å². The van der Waals surface area contributed by atoms with Gasteiger partial charge >= 0.3 is 0 Å². The standard InChI is InChI=1S/C22H30ClN7O4/c1-27(2)7-8-28(3)17-12-20(33-4)15(11-18(17)30(31)32)25-22-24-13-14(23)21(26-22)29-9-10-34-19-6-5-16(19)29/h11-13,16,19H,5-10H2,1-4H3,(H,24,25,26). The molecule has 2 fully saturated rings. The normalized spacial score (nSPS) is 19.4. The van der Waals surface area contributed by atoms with E-state index >= 15 is 0 Å². The van der Waals surface area contributed by atoms with Crippen LogP contribution in [0.4, 0.5) is 28.8 Å². The maximum Gasteiger partial charge on any atom is 0.294 e. The van der Waals surface area contributed by atoms with Gasteiger partial charge in [0.05, 0.1) is 42.7 Å². The number of nitro groups is 1. The van der Waals surface area contributed by atoms with Crippen LogP contribution < -0.4 is 19.9 Å². The second-order valence-electron chi connectivity index (χ2n) is 8.76. The zero-order chi connectivity index (χ0) is 24.4. The minimum absolute atomic E-state index is 0.0377. The minimum Gasteiger partial charge on any atom is -0.494 e. The highest BCUT2D eigenvalue weighted by molar-refractivity contribution is 6.32. The Bertz CT molecular complexity index is 1050. The molecule has 1 aliphatic carbocycles. The Morgan fingerprint density at radius 3 is 2.76 bits per heavy atom. The number of aromatic nitrogens is 2. The van der Waals surface area contributed by atoms with Gasteiger partial charge in [0.25, 0.3) is 5.69 Å². The van der Waals surface area contributed by atoms with Crippen molar-refractivity contribution in [3.8, 4) is 5.75 Å². The largest absolute Gasteiger partial charge is 0.494 e. The van der Waals surface area contributed by atoms with Crippen LogP contribution in [0.2, 0.25) is 5.02 Å². The van der Waals surface area contributed by atoms with Crippen LogP contribution in [0.5, 0.6) is 5.75 Å². The Balaban J connectivity index is 1.63. The second-order valence-corrected chi connectivity index (χ2v) is 9.17. The number of nitro benzene ring substituents is 1. The molecule has 1 saturated carbocycles. The van der Waals surface area contributed by atoms with Gasteiger partial charge in [0.2, 0.25) is 5.95 Å². The molecule has 0 spiro atoms. The van der Waals surface area contributed by atoms with E-state index in [9.17, 15) is 10.1 Å². The topological polar surface area (TPSA) is 109 Å². The summed E-state index contributed by atoms with van der Waals surface area (Å²) in [5.74, 6) is 1.36. The number of likely N-dealkylation sites (N-methyl/N-ethyl adjacent to an activating group) is 2. The summed E-state index contributed by atoms with van der Waals surface area (Å²) >= 11 is 6.44.